The molecule has 1 aromatic rings. The number of nitriles is 1. The van der Waals surface area contributed by atoms with Gasteiger partial charge in [0.15, 0.2) is 0 Å². The highest BCUT2D eigenvalue weighted by molar-refractivity contribution is 5.34. The van der Waals surface area contributed by atoms with Crippen LogP contribution in [0, 0.1) is 11.3 Å². The van der Waals surface area contributed by atoms with E-state index in [9.17, 15) is 5.11 Å². The third-order valence-electron chi connectivity index (χ3n) is 2.29. The molecular formula is C12H15NO2. The number of ether oxygens (including phenoxy) is 1. The molecule has 0 fully saturated rings. The van der Waals surface area contributed by atoms with Gasteiger partial charge in [-0.2, -0.15) is 5.26 Å². The molecule has 0 bridgehead atoms. The van der Waals surface area contributed by atoms with Gasteiger partial charge in [0.25, 0.3) is 0 Å². The lowest BCUT2D eigenvalue weighted by Crippen LogP contribution is -2.31. The zero-order valence-corrected chi connectivity index (χ0v) is 9.03. The Bertz CT molecular complexity index is 349. The molecule has 1 aromatic carbocycles. The topological polar surface area (TPSA) is 53.2 Å². The summed E-state index contributed by atoms with van der Waals surface area (Å²) >= 11 is 0. The zero-order valence-electron chi connectivity index (χ0n) is 9.03. The van der Waals surface area contributed by atoms with Crippen LogP contribution in [0.5, 0.6) is 5.75 Å². The van der Waals surface area contributed by atoms with Crippen LogP contribution in [-0.2, 0) is 0 Å². The first-order chi connectivity index (χ1) is 7.07. The summed E-state index contributed by atoms with van der Waals surface area (Å²) in [6, 6.07) is 8.87. The van der Waals surface area contributed by atoms with E-state index in [-0.39, 0.29) is 6.61 Å². The highest BCUT2D eigenvalue weighted by Gasteiger charge is 2.18. The quantitative estimate of drug-likeness (QED) is 0.818. The van der Waals surface area contributed by atoms with Crippen molar-refractivity contribution in [1.29, 1.82) is 5.26 Å². The summed E-state index contributed by atoms with van der Waals surface area (Å²) in [5, 5.41) is 18.3. The number of rotatable bonds is 4. The smallest absolute Gasteiger partial charge is 0.119 e. The molecule has 0 aliphatic rings. The molecule has 15 heavy (non-hydrogen) atoms. The Morgan fingerprint density at radius 3 is 2.47 bits per heavy atom. The van der Waals surface area contributed by atoms with E-state index in [1.165, 1.54) is 0 Å². The van der Waals surface area contributed by atoms with Gasteiger partial charge < -0.3 is 9.84 Å². The molecular weight excluding hydrogens is 190 g/mol. The van der Waals surface area contributed by atoms with Gasteiger partial charge in [-0.1, -0.05) is 6.92 Å². The van der Waals surface area contributed by atoms with E-state index in [1.807, 2.05) is 13.0 Å². The summed E-state index contributed by atoms with van der Waals surface area (Å²) < 4.78 is 5.40. The molecule has 0 radical (unpaired) electrons. The lowest BCUT2D eigenvalue weighted by Gasteiger charge is -2.21. The summed E-state index contributed by atoms with van der Waals surface area (Å²) in [7, 11) is 0. The molecule has 0 spiro atoms. The Hall–Kier alpha value is -1.53. The Morgan fingerprint density at radius 2 is 2.00 bits per heavy atom. The van der Waals surface area contributed by atoms with Crippen molar-refractivity contribution in [3.05, 3.63) is 29.8 Å². The molecule has 3 nitrogen and oxygen atoms in total. The van der Waals surface area contributed by atoms with Crippen molar-refractivity contribution >= 4 is 0 Å². The third-order valence-corrected chi connectivity index (χ3v) is 2.29. The van der Waals surface area contributed by atoms with Gasteiger partial charge in [-0.3, -0.25) is 0 Å². The Morgan fingerprint density at radius 1 is 1.40 bits per heavy atom. The van der Waals surface area contributed by atoms with E-state index in [4.69, 9.17) is 10.00 Å². The number of hydrogen-bond acceptors (Lipinski definition) is 3. The van der Waals surface area contributed by atoms with Crippen molar-refractivity contribution in [2.75, 3.05) is 6.61 Å². The SMILES string of the molecule is CCC(C)(O)COc1ccc(C#N)cc1. The summed E-state index contributed by atoms with van der Waals surface area (Å²) in [5.41, 5.74) is -0.196. The van der Waals surface area contributed by atoms with E-state index >= 15 is 0 Å². The predicted octanol–water partition coefficient (Wildman–Crippen LogP) is 2.10. The fourth-order valence-electron chi connectivity index (χ4n) is 0.967. The third kappa shape index (κ3) is 3.61. The average Bonchev–Trinajstić information content (AvgIpc) is 2.27. The maximum Gasteiger partial charge on any atom is 0.119 e. The fourth-order valence-corrected chi connectivity index (χ4v) is 0.967. The minimum atomic E-state index is -0.798. The van der Waals surface area contributed by atoms with Crippen molar-refractivity contribution < 1.29 is 9.84 Å². The molecule has 0 heterocycles. The van der Waals surface area contributed by atoms with Gasteiger partial charge in [0.05, 0.1) is 17.2 Å². The predicted molar refractivity (Wildman–Crippen MR) is 57.6 cm³/mol. The maximum atomic E-state index is 9.71. The van der Waals surface area contributed by atoms with E-state index in [0.29, 0.717) is 17.7 Å². The van der Waals surface area contributed by atoms with Gasteiger partial charge >= 0.3 is 0 Å². The van der Waals surface area contributed by atoms with Gasteiger partial charge in [0, 0.05) is 0 Å². The first-order valence-electron chi connectivity index (χ1n) is 4.93. The van der Waals surface area contributed by atoms with E-state index in [1.54, 1.807) is 31.2 Å². The summed E-state index contributed by atoms with van der Waals surface area (Å²) in [4.78, 5) is 0. The number of nitrogens with zero attached hydrogens (tertiary/aromatic N) is 1. The van der Waals surface area contributed by atoms with Crippen LogP contribution in [-0.4, -0.2) is 17.3 Å². The monoisotopic (exact) mass is 205 g/mol. The second-order valence-corrected chi connectivity index (χ2v) is 3.78. The van der Waals surface area contributed by atoms with Crippen LogP contribution in [0.2, 0.25) is 0 Å². The van der Waals surface area contributed by atoms with E-state index < -0.39 is 5.60 Å². The first-order valence-corrected chi connectivity index (χ1v) is 4.93. The van der Waals surface area contributed by atoms with E-state index in [2.05, 4.69) is 0 Å². The standard InChI is InChI=1S/C12H15NO2/c1-3-12(2,14)9-15-11-6-4-10(8-13)5-7-11/h4-7,14H,3,9H2,1-2H3. The van der Waals surface area contributed by atoms with Crippen molar-refractivity contribution in [1.82, 2.24) is 0 Å². The van der Waals surface area contributed by atoms with Crippen molar-refractivity contribution in [3.8, 4) is 11.8 Å². The lowest BCUT2D eigenvalue weighted by molar-refractivity contribution is 0.00847. The Kier molecular flexibility index (Phi) is 3.70. The Balaban J connectivity index is 2.56. The average molecular weight is 205 g/mol. The summed E-state index contributed by atoms with van der Waals surface area (Å²) in [6.07, 6.45) is 0.642. The van der Waals surface area contributed by atoms with Crippen molar-refractivity contribution in [2.24, 2.45) is 0 Å². The fraction of sp³-hybridized carbons (Fsp3) is 0.417. The van der Waals surface area contributed by atoms with Crippen LogP contribution in [0.1, 0.15) is 25.8 Å². The minimum Gasteiger partial charge on any atom is -0.491 e. The van der Waals surface area contributed by atoms with Crippen LogP contribution in [0.3, 0.4) is 0 Å². The van der Waals surface area contributed by atoms with E-state index in [0.717, 1.165) is 0 Å². The molecule has 0 aliphatic carbocycles. The highest BCUT2D eigenvalue weighted by atomic mass is 16.5. The molecule has 1 N–H and O–H groups in total. The molecule has 1 rings (SSSR count). The van der Waals surface area contributed by atoms with Gasteiger partial charge in [-0.05, 0) is 37.6 Å². The van der Waals surface area contributed by atoms with Crippen LogP contribution in [0.25, 0.3) is 0 Å². The molecule has 0 aliphatic heterocycles. The maximum absolute atomic E-state index is 9.71. The molecule has 0 amide bonds. The first kappa shape index (κ1) is 11.5. The van der Waals surface area contributed by atoms with Gasteiger partial charge in [-0.15, -0.1) is 0 Å². The number of aliphatic hydroxyl groups is 1. The normalized spacial score (nSPS) is 14.0. The van der Waals surface area contributed by atoms with Gasteiger partial charge in [0.1, 0.15) is 12.4 Å². The largest absolute Gasteiger partial charge is 0.491 e. The highest BCUT2D eigenvalue weighted by Crippen LogP contribution is 2.15. The molecule has 0 saturated heterocycles. The lowest BCUT2D eigenvalue weighted by atomic mass is 10.1. The van der Waals surface area contributed by atoms with Gasteiger partial charge in [0.2, 0.25) is 0 Å². The van der Waals surface area contributed by atoms with Crippen LogP contribution >= 0.6 is 0 Å². The van der Waals surface area contributed by atoms with Crippen molar-refractivity contribution in [3.63, 3.8) is 0 Å². The van der Waals surface area contributed by atoms with Crippen LogP contribution in [0.15, 0.2) is 24.3 Å². The second kappa shape index (κ2) is 4.81. The molecule has 0 aromatic heterocycles. The van der Waals surface area contributed by atoms with Gasteiger partial charge in [-0.25, -0.2) is 0 Å². The minimum absolute atomic E-state index is 0.259. The van der Waals surface area contributed by atoms with Crippen LogP contribution in [0.4, 0.5) is 0 Å². The van der Waals surface area contributed by atoms with Crippen LogP contribution < -0.4 is 4.74 Å². The molecule has 3 heteroatoms. The molecule has 1 atom stereocenters. The summed E-state index contributed by atoms with van der Waals surface area (Å²) in [5.74, 6) is 0.669. The van der Waals surface area contributed by atoms with Crippen molar-refractivity contribution in [2.45, 2.75) is 25.9 Å². The molecule has 80 valence electrons. The zero-order chi connectivity index (χ0) is 11.3. The number of benzene rings is 1. The second-order valence-electron chi connectivity index (χ2n) is 3.78. The summed E-state index contributed by atoms with van der Waals surface area (Å²) in [6.45, 7) is 3.90. The Labute approximate surface area is 89.9 Å². The molecule has 0 saturated carbocycles. The number of hydrogen-bond donors (Lipinski definition) is 1. The molecule has 1 unspecified atom stereocenters.